The summed E-state index contributed by atoms with van der Waals surface area (Å²) in [6.07, 6.45) is 7.00. The van der Waals surface area contributed by atoms with E-state index in [1.54, 1.807) is 26.2 Å². The number of carbonyl (C=O) groups excluding carboxylic acids is 2. The summed E-state index contributed by atoms with van der Waals surface area (Å²) in [4.78, 5) is 25.9. The molecule has 4 rings (SSSR count). The third-order valence-electron chi connectivity index (χ3n) is 6.04. The van der Waals surface area contributed by atoms with Crippen LogP contribution in [0.3, 0.4) is 0 Å². The zero-order chi connectivity index (χ0) is 27.9. The molecular weight excluding hydrogens is 478 g/mol. The summed E-state index contributed by atoms with van der Waals surface area (Å²) in [5.41, 5.74) is 7.70. The number of nitrogens with two attached hydrogens (primary N) is 1. The van der Waals surface area contributed by atoms with E-state index in [0.717, 1.165) is 28.3 Å². The van der Waals surface area contributed by atoms with Gasteiger partial charge in [-0.3, -0.25) is 9.59 Å². The van der Waals surface area contributed by atoms with Crippen molar-refractivity contribution in [2.45, 2.75) is 45.1 Å². The van der Waals surface area contributed by atoms with E-state index in [9.17, 15) is 9.59 Å². The first-order valence-electron chi connectivity index (χ1n) is 12.6. The largest absolute Gasteiger partial charge is 0.495 e. The fourth-order valence-corrected chi connectivity index (χ4v) is 4.26. The van der Waals surface area contributed by atoms with Crippen LogP contribution in [0.5, 0.6) is 5.75 Å². The quantitative estimate of drug-likeness (QED) is 0.290. The number of methoxy groups -OCH3 is 1. The molecule has 2 aromatic carbocycles. The molecule has 4 N–H and O–H groups in total. The van der Waals surface area contributed by atoms with Gasteiger partial charge in [0, 0.05) is 36.0 Å². The van der Waals surface area contributed by atoms with E-state index in [4.69, 9.17) is 10.00 Å². The average Bonchev–Trinajstić information content (AvgIpc) is 2.96. The van der Waals surface area contributed by atoms with Gasteiger partial charge in [0.05, 0.1) is 24.6 Å². The second kappa shape index (κ2) is 15.8. The van der Waals surface area contributed by atoms with Crippen molar-refractivity contribution in [3.05, 3.63) is 66.4 Å². The van der Waals surface area contributed by atoms with Gasteiger partial charge in [0.15, 0.2) is 6.29 Å². The molecule has 1 aliphatic rings. The molecule has 1 aromatic heterocycles. The van der Waals surface area contributed by atoms with Crippen molar-refractivity contribution in [2.24, 2.45) is 5.73 Å². The van der Waals surface area contributed by atoms with Gasteiger partial charge >= 0.3 is 0 Å². The molecule has 0 saturated heterocycles. The Bertz CT molecular complexity index is 1280. The van der Waals surface area contributed by atoms with Gasteiger partial charge in [-0.1, -0.05) is 50.1 Å². The third kappa shape index (κ3) is 8.71. The molecule has 3 aromatic rings. The van der Waals surface area contributed by atoms with Gasteiger partial charge in [-0.2, -0.15) is 5.26 Å². The first-order chi connectivity index (χ1) is 18.4. The number of nitriles is 1. The molecule has 0 spiro atoms. The highest BCUT2D eigenvalue weighted by molar-refractivity contribution is 5.99. The SMILES string of the molecule is C=C(C#N)CNc1c(OC)ccc2ccc(-c3cccc(C=O)n3)cc12.CC(=O)NC1CCCCC1.CN. The maximum atomic E-state index is 11.0. The number of anilines is 1. The fourth-order valence-electron chi connectivity index (χ4n) is 4.26. The number of pyridine rings is 1. The molecule has 0 unspecified atom stereocenters. The Hall–Kier alpha value is -4.22. The van der Waals surface area contributed by atoms with Gasteiger partial charge in [0.25, 0.3) is 0 Å². The summed E-state index contributed by atoms with van der Waals surface area (Å²) in [6, 6.07) is 17.6. The summed E-state index contributed by atoms with van der Waals surface area (Å²) < 4.78 is 5.46. The molecule has 0 radical (unpaired) electrons. The van der Waals surface area contributed by atoms with E-state index in [2.05, 4.69) is 27.9 Å². The van der Waals surface area contributed by atoms with Crippen LogP contribution in [0.25, 0.3) is 22.0 Å². The molecule has 8 heteroatoms. The van der Waals surface area contributed by atoms with Gasteiger partial charge in [-0.25, -0.2) is 4.98 Å². The highest BCUT2D eigenvalue weighted by Gasteiger charge is 2.13. The Kier molecular flexibility index (Phi) is 12.5. The van der Waals surface area contributed by atoms with E-state index in [1.807, 2.05) is 42.5 Å². The molecule has 1 amide bonds. The summed E-state index contributed by atoms with van der Waals surface area (Å²) in [5, 5.41) is 17.1. The maximum absolute atomic E-state index is 11.0. The minimum Gasteiger partial charge on any atom is -0.495 e. The number of aldehydes is 1. The lowest BCUT2D eigenvalue weighted by Crippen LogP contribution is -2.34. The third-order valence-corrected chi connectivity index (χ3v) is 6.04. The zero-order valence-corrected chi connectivity index (χ0v) is 22.4. The number of benzene rings is 2. The Labute approximate surface area is 224 Å². The second-order valence-electron chi connectivity index (χ2n) is 8.75. The number of amides is 1. The van der Waals surface area contributed by atoms with Crippen molar-refractivity contribution in [3.8, 4) is 23.1 Å². The van der Waals surface area contributed by atoms with Crippen LogP contribution >= 0.6 is 0 Å². The molecule has 0 aliphatic heterocycles. The van der Waals surface area contributed by atoms with E-state index >= 15 is 0 Å². The number of hydrogen-bond donors (Lipinski definition) is 3. The van der Waals surface area contributed by atoms with Gasteiger partial charge in [-0.05, 0) is 49.5 Å². The smallest absolute Gasteiger partial charge is 0.217 e. The van der Waals surface area contributed by atoms with Gasteiger partial charge < -0.3 is 21.1 Å². The molecule has 0 bridgehead atoms. The Morgan fingerprint density at radius 3 is 2.53 bits per heavy atom. The van der Waals surface area contributed by atoms with Crippen molar-refractivity contribution < 1.29 is 14.3 Å². The summed E-state index contributed by atoms with van der Waals surface area (Å²) in [6.45, 7) is 5.62. The Balaban J connectivity index is 0.000000353. The number of hydrogen-bond acceptors (Lipinski definition) is 7. The lowest BCUT2D eigenvalue weighted by molar-refractivity contribution is -0.119. The molecule has 38 heavy (non-hydrogen) atoms. The topological polar surface area (TPSA) is 130 Å². The van der Waals surface area contributed by atoms with E-state index in [1.165, 1.54) is 39.2 Å². The number of nitrogens with zero attached hydrogens (tertiary/aromatic N) is 2. The molecular formula is C30H37N5O3. The number of rotatable bonds is 7. The van der Waals surface area contributed by atoms with Gasteiger partial charge in [0.1, 0.15) is 11.4 Å². The van der Waals surface area contributed by atoms with Crippen molar-refractivity contribution in [1.82, 2.24) is 10.3 Å². The monoisotopic (exact) mass is 515 g/mol. The number of aromatic nitrogens is 1. The Morgan fingerprint density at radius 1 is 1.18 bits per heavy atom. The predicted molar refractivity (Wildman–Crippen MR) is 153 cm³/mol. The normalized spacial score (nSPS) is 12.5. The first kappa shape index (κ1) is 30.0. The van der Waals surface area contributed by atoms with Crippen LogP contribution in [0, 0.1) is 11.3 Å². The minimum atomic E-state index is 0.118. The predicted octanol–water partition coefficient (Wildman–Crippen LogP) is 5.24. The van der Waals surface area contributed by atoms with Crippen LogP contribution in [0.1, 0.15) is 49.5 Å². The zero-order valence-electron chi connectivity index (χ0n) is 22.4. The van der Waals surface area contributed by atoms with Crippen molar-refractivity contribution in [3.63, 3.8) is 0 Å². The number of ether oxygens (including phenoxy) is 1. The highest BCUT2D eigenvalue weighted by atomic mass is 16.5. The molecule has 1 heterocycles. The van der Waals surface area contributed by atoms with Crippen LogP contribution < -0.4 is 21.1 Å². The standard InChI is InChI=1S/C21H17N3O2.C8H15NO.CH5N/c1-14(11-22)12-23-21-18-10-16(19-5-3-4-17(13-25)24-19)7-6-15(18)8-9-20(21)26-2;1-7(10)9-8-5-3-2-4-6-8;1-2/h3-10,13,23H,1,12H2,2H3;8H,2-6H2,1H3,(H,9,10);2H2,1H3. The summed E-state index contributed by atoms with van der Waals surface area (Å²) >= 11 is 0. The van der Waals surface area contributed by atoms with Crippen LogP contribution in [0.4, 0.5) is 5.69 Å². The summed E-state index contributed by atoms with van der Waals surface area (Å²) in [5.74, 6) is 0.793. The molecule has 1 saturated carbocycles. The molecule has 1 aliphatic carbocycles. The van der Waals surface area contributed by atoms with E-state index < -0.39 is 0 Å². The molecule has 200 valence electrons. The van der Waals surface area contributed by atoms with Crippen molar-refractivity contribution >= 4 is 28.7 Å². The average molecular weight is 516 g/mol. The van der Waals surface area contributed by atoms with Crippen LogP contribution in [0.2, 0.25) is 0 Å². The fraction of sp³-hybridized carbons (Fsp3) is 0.333. The van der Waals surface area contributed by atoms with E-state index in [0.29, 0.717) is 35.3 Å². The number of nitrogens with one attached hydrogen (secondary N) is 2. The van der Waals surface area contributed by atoms with Crippen LogP contribution in [-0.4, -0.2) is 43.9 Å². The molecule has 1 fully saturated rings. The van der Waals surface area contributed by atoms with Crippen LogP contribution in [-0.2, 0) is 4.79 Å². The lowest BCUT2D eigenvalue weighted by atomic mass is 9.95. The van der Waals surface area contributed by atoms with Crippen LogP contribution in [0.15, 0.2) is 60.7 Å². The molecule has 8 nitrogen and oxygen atoms in total. The first-order valence-corrected chi connectivity index (χ1v) is 12.6. The van der Waals surface area contributed by atoms with Gasteiger partial charge in [0.2, 0.25) is 5.91 Å². The summed E-state index contributed by atoms with van der Waals surface area (Å²) in [7, 11) is 3.10. The minimum absolute atomic E-state index is 0.118. The number of fused-ring (bicyclic) bond motifs is 1. The van der Waals surface area contributed by atoms with E-state index in [-0.39, 0.29) is 5.91 Å². The van der Waals surface area contributed by atoms with Crippen molar-refractivity contribution in [1.29, 1.82) is 5.26 Å². The molecule has 0 atom stereocenters. The van der Waals surface area contributed by atoms with Crippen molar-refractivity contribution in [2.75, 3.05) is 26.0 Å². The maximum Gasteiger partial charge on any atom is 0.217 e. The highest BCUT2D eigenvalue weighted by Crippen LogP contribution is 2.35. The Morgan fingerprint density at radius 2 is 1.89 bits per heavy atom. The lowest BCUT2D eigenvalue weighted by Gasteiger charge is -2.21. The number of carbonyl (C=O) groups is 2. The second-order valence-corrected chi connectivity index (χ2v) is 8.75. The van der Waals surface area contributed by atoms with Gasteiger partial charge in [-0.15, -0.1) is 0 Å².